The molecule has 0 saturated carbocycles. The SMILES string of the molecule is CCOc1cc2c(cc1OCC)[C@@H](CC(=O)O)N(C(=O)Nc1ccc(CC)cc1)CC2. The Kier molecular flexibility index (Phi) is 7.39. The lowest BCUT2D eigenvalue weighted by atomic mass is 9.90. The summed E-state index contributed by atoms with van der Waals surface area (Å²) in [6.07, 6.45) is 1.35. The van der Waals surface area contributed by atoms with Crippen LogP contribution < -0.4 is 14.8 Å². The molecule has 2 amide bonds. The number of amides is 2. The Hall–Kier alpha value is -3.22. The molecule has 2 aromatic carbocycles. The summed E-state index contributed by atoms with van der Waals surface area (Å²) in [7, 11) is 0. The van der Waals surface area contributed by atoms with Gasteiger partial charge in [-0.2, -0.15) is 0 Å². The summed E-state index contributed by atoms with van der Waals surface area (Å²) in [4.78, 5) is 26.3. The molecule has 3 rings (SSSR count). The van der Waals surface area contributed by atoms with Crippen molar-refractivity contribution in [2.24, 2.45) is 0 Å². The monoisotopic (exact) mass is 426 g/mol. The molecule has 2 N–H and O–H groups in total. The van der Waals surface area contributed by atoms with Crippen LogP contribution in [0, 0.1) is 0 Å². The van der Waals surface area contributed by atoms with Crippen molar-refractivity contribution in [1.29, 1.82) is 0 Å². The van der Waals surface area contributed by atoms with Gasteiger partial charge in [-0.3, -0.25) is 4.79 Å². The highest BCUT2D eigenvalue weighted by atomic mass is 16.5. The van der Waals surface area contributed by atoms with Crippen LogP contribution in [0.3, 0.4) is 0 Å². The van der Waals surface area contributed by atoms with E-state index in [1.807, 2.05) is 50.2 Å². The number of nitrogens with one attached hydrogen (secondary N) is 1. The molecule has 0 spiro atoms. The van der Waals surface area contributed by atoms with E-state index in [1.165, 1.54) is 5.56 Å². The van der Waals surface area contributed by atoms with Gasteiger partial charge in [0.2, 0.25) is 0 Å². The molecule has 0 fully saturated rings. The molecule has 7 nitrogen and oxygen atoms in total. The maximum absolute atomic E-state index is 13.1. The van der Waals surface area contributed by atoms with Crippen molar-refractivity contribution in [1.82, 2.24) is 4.90 Å². The zero-order valence-corrected chi connectivity index (χ0v) is 18.3. The van der Waals surface area contributed by atoms with Crippen LogP contribution in [0.4, 0.5) is 10.5 Å². The Balaban J connectivity index is 1.91. The number of urea groups is 1. The molecule has 0 aromatic heterocycles. The maximum atomic E-state index is 13.1. The van der Waals surface area contributed by atoms with Crippen LogP contribution >= 0.6 is 0 Å². The number of hydrogen-bond acceptors (Lipinski definition) is 4. The van der Waals surface area contributed by atoms with Crippen LogP contribution in [0.15, 0.2) is 36.4 Å². The van der Waals surface area contributed by atoms with Crippen LogP contribution in [0.1, 0.15) is 49.9 Å². The standard InChI is InChI=1S/C24H30N2O5/c1-4-16-7-9-18(10-8-16)25-24(29)26-12-11-17-13-21(30-5-2)22(31-6-3)14-19(17)20(26)15-23(27)28/h7-10,13-14,20H,4-6,11-12,15H2,1-3H3,(H,25,29)(H,27,28)/t20-/m1/s1. The third-order valence-corrected chi connectivity index (χ3v) is 5.40. The first kappa shape index (κ1) is 22.5. The van der Waals surface area contributed by atoms with E-state index in [0.717, 1.165) is 17.5 Å². The number of ether oxygens (including phenoxy) is 2. The topological polar surface area (TPSA) is 88.1 Å². The number of carboxylic acid groups (broad SMARTS) is 1. The van der Waals surface area contributed by atoms with Gasteiger partial charge in [-0.1, -0.05) is 19.1 Å². The molecule has 1 aliphatic heterocycles. The number of aryl methyl sites for hydroxylation is 1. The number of aliphatic carboxylic acids is 1. The number of nitrogens with zero attached hydrogens (tertiary/aromatic N) is 1. The second-order valence-electron chi connectivity index (χ2n) is 7.40. The molecule has 1 aliphatic rings. The molecule has 0 bridgehead atoms. The third kappa shape index (κ3) is 5.29. The Labute approximate surface area is 183 Å². The number of anilines is 1. The number of benzene rings is 2. The number of rotatable bonds is 8. The molecule has 0 saturated heterocycles. The fraction of sp³-hybridized carbons (Fsp3) is 0.417. The van der Waals surface area contributed by atoms with Crippen LogP contribution in [-0.2, 0) is 17.6 Å². The molecule has 0 radical (unpaired) electrons. The molecule has 1 atom stereocenters. The van der Waals surface area contributed by atoms with E-state index in [9.17, 15) is 14.7 Å². The average molecular weight is 427 g/mol. The smallest absolute Gasteiger partial charge is 0.322 e. The van der Waals surface area contributed by atoms with Gasteiger partial charge in [0.1, 0.15) is 0 Å². The van der Waals surface area contributed by atoms with Crippen molar-refractivity contribution in [2.45, 2.75) is 46.1 Å². The van der Waals surface area contributed by atoms with Crippen molar-refractivity contribution in [2.75, 3.05) is 25.1 Å². The Bertz CT molecular complexity index is 926. The molecule has 166 valence electrons. The highest BCUT2D eigenvalue weighted by Gasteiger charge is 2.34. The minimum Gasteiger partial charge on any atom is -0.490 e. The zero-order valence-electron chi connectivity index (χ0n) is 18.3. The summed E-state index contributed by atoms with van der Waals surface area (Å²) in [5, 5.41) is 12.4. The summed E-state index contributed by atoms with van der Waals surface area (Å²) in [6, 6.07) is 10.5. The summed E-state index contributed by atoms with van der Waals surface area (Å²) >= 11 is 0. The van der Waals surface area contributed by atoms with Gasteiger partial charge in [0.05, 0.1) is 25.7 Å². The van der Waals surface area contributed by atoms with E-state index in [1.54, 1.807) is 4.90 Å². The van der Waals surface area contributed by atoms with Gasteiger partial charge in [-0.25, -0.2) is 4.79 Å². The minimum atomic E-state index is -0.963. The van der Waals surface area contributed by atoms with Crippen molar-refractivity contribution in [3.63, 3.8) is 0 Å². The molecule has 2 aromatic rings. The normalized spacial score (nSPS) is 15.2. The van der Waals surface area contributed by atoms with Gasteiger partial charge in [0.15, 0.2) is 11.5 Å². The first-order valence-electron chi connectivity index (χ1n) is 10.8. The van der Waals surface area contributed by atoms with E-state index in [0.29, 0.717) is 43.4 Å². The summed E-state index contributed by atoms with van der Waals surface area (Å²) < 4.78 is 11.4. The Morgan fingerprint density at radius 2 is 1.71 bits per heavy atom. The van der Waals surface area contributed by atoms with Gasteiger partial charge in [0.25, 0.3) is 0 Å². The van der Waals surface area contributed by atoms with Crippen LogP contribution in [-0.4, -0.2) is 41.8 Å². The van der Waals surface area contributed by atoms with E-state index in [-0.39, 0.29) is 12.5 Å². The highest BCUT2D eigenvalue weighted by Crippen LogP contribution is 2.40. The predicted molar refractivity (Wildman–Crippen MR) is 119 cm³/mol. The van der Waals surface area contributed by atoms with E-state index >= 15 is 0 Å². The second-order valence-corrected chi connectivity index (χ2v) is 7.40. The minimum absolute atomic E-state index is 0.186. The number of carbonyl (C=O) groups is 2. The van der Waals surface area contributed by atoms with Crippen molar-refractivity contribution >= 4 is 17.7 Å². The summed E-state index contributed by atoms with van der Waals surface area (Å²) in [5.74, 6) is 0.247. The van der Waals surface area contributed by atoms with Crippen LogP contribution in [0.2, 0.25) is 0 Å². The van der Waals surface area contributed by atoms with E-state index in [2.05, 4.69) is 12.2 Å². The van der Waals surface area contributed by atoms with Crippen molar-refractivity contribution < 1.29 is 24.2 Å². The number of fused-ring (bicyclic) bond motifs is 1. The Morgan fingerprint density at radius 1 is 1.06 bits per heavy atom. The van der Waals surface area contributed by atoms with Gasteiger partial charge in [0, 0.05) is 12.2 Å². The molecule has 0 aliphatic carbocycles. The van der Waals surface area contributed by atoms with Gasteiger partial charge in [-0.05, 0) is 67.6 Å². The number of carboxylic acids is 1. The predicted octanol–water partition coefficient (Wildman–Crippen LogP) is 4.65. The zero-order chi connectivity index (χ0) is 22.4. The van der Waals surface area contributed by atoms with Crippen molar-refractivity contribution in [3.05, 3.63) is 53.1 Å². The lowest BCUT2D eigenvalue weighted by molar-refractivity contribution is -0.138. The first-order chi connectivity index (χ1) is 15.0. The van der Waals surface area contributed by atoms with Gasteiger partial charge in [-0.15, -0.1) is 0 Å². The number of carbonyl (C=O) groups excluding carboxylic acids is 1. The van der Waals surface area contributed by atoms with Crippen molar-refractivity contribution in [3.8, 4) is 11.5 Å². The summed E-state index contributed by atoms with van der Waals surface area (Å²) in [6.45, 7) is 7.24. The molecule has 0 unspecified atom stereocenters. The largest absolute Gasteiger partial charge is 0.490 e. The number of hydrogen-bond donors (Lipinski definition) is 2. The van der Waals surface area contributed by atoms with Gasteiger partial charge < -0.3 is 24.8 Å². The molecular weight excluding hydrogens is 396 g/mol. The quantitative estimate of drug-likeness (QED) is 0.641. The third-order valence-electron chi connectivity index (χ3n) is 5.40. The molecule has 7 heteroatoms. The fourth-order valence-electron chi connectivity index (χ4n) is 3.89. The lowest BCUT2D eigenvalue weighted by Crippen LogP contribution is -2.43. The van der Waals surface area contributed by atoms with Crippen LogP contribution in [0.5, 0.6) is 11.5 Å². The highest BCUT2D eigenvalue weighted by molar-refractivity contribution is 5.90. The van der Waals surface area contributed by atoms with Crippen LogP contribution in [0.25, 0.3) is 0 Å². The van der Waals surface area contributed by atoms with Gasteiger partial charge >= 0.3 is 12.0 Å². The van der Waals surface area contributed by atoms with E-state index in [4.69, 9.17) is 9.47 Å². The lowest BCUT2D eigenvalue weighted by Gasteiger charge is -2.37. The first-order valence-corrected chi connectivity index (χ1v) is 10.8. The molecule has 1 heterocycles. The molecular formula is C24H30N2O5. The fourth-order valence-corrected chi connectivity index (χ4v) is 3.89. The maximum Gasteiger partial charge on any atom is 0.322 e. The average Bonchev–Trinajstić information content (AvgIpc) is 2.75. The molecule has 31 heavy (non-hydrogen) atoms. The van der Waals surface area contributed by atoms with E-state index < -0.39 is 12.0 Å². The Morgan fingerprint density at radius 3 is 2.29 bits per heavy atom. The summed E-state index contributed by atoms with van der Waals surface area (Å²) in [5.41, 5.74) is 3.64. The second kappa shape index (κ2) is 10.2.